The van der Waals surface area contributed by atoms with E-state index in [9.17, 15) is 18.0 Å². The molecule has 1 unspecified atom stereocenters. The van der Waals surface area contributed by atoms with Gasteiger partial charge in [-0.15, -0.1) is 0 Å². The smallest absolute Gasteiger partial charge is 0.396 e. The number of fused-ring (bicyclic) bond motifs is 1. The zero-order valence-corrected chi connectivity index (χ0v) is 9.69. The molecule has 0 saturated carbocycles. The van der Waals surface area contributed by atoms with Crippen LogP contribution in [0.2, 0.25) is 0 Å². The molecule has 0 fully saturated rings. The van der Waals surface area contributed by atoms with Crippen molar-refractivity contribution < 1.29 is 23.1 Å². The van der Waals surface area contributed by atoms with E-state index in [1.807, 2.05) is 0 Å². The Bertz CT molecular complexity index is 605. The van der Waals surface area contributed by atoms with E-state index in [0.29, 0.717) is 10.9 Å². The maximum atomic E-state index is 13.0. The number of halogens is 3. The molecular weight excluding hydrogens is 259 g/mol. The maximum absolute atomic E-state index is 13.0. The number of nitrogens with zero attached hydrogens (tertiary/aromatic N) is 1. The van der Waals surface area contributed by atoms with Crippen molar-refractivity contribution in [1.29, 1.82) is 0 Å². The van der Waals surface area contributed by atoms with Crippen LogP contribution in [0.3, 0.4) is 0 Å². The summed E-state index contributed by atoms with van der Waals surface area (Å²) in [6, 6.07) is 7.59. The third kappa shape index (κ3) is 2.83. The predicted molar refractivity (Wildman–Crippen MR) is 62.8 cm³/mol. The SMILES string of the molecule is O=C(O)CC(c1ccnc2ccccc12)C(F)(F)F. The van der Waals surface area contributed by atoms with Gasteiger partial charge in [-0.05, 0) is 17.7 Å². The van der Waals surface area contributed by atoms with Crippen LogP contribution >= 0.6 is 0 Å². The first kappa shape index (κ1) is 13.3. The number of para-hydroxylation sites is 1. The highest BCUT2D eigenvalue weighted by atomic mass is 19.4. The molecule has 3 nitrogen and oxygen atoms in total. The average molecular weight is 269 g/mol. The standard InChI is InChI=1S/C13H10F3NO2/c14-13(15,16)10(7-12(18)19)8-5-6-17-11-4-2-1-3-9(8)11/h1-6,10H,7H2,(H,18,19). The lowest BCUT2D eigenvalue weighted by molar-refractivity contribution is -0.163. The molecule has 0 aliphatic carbocycles. The van der Waals surface area contributed by atoms with Gasteiger partial charge in [-0.25, -0.2) is 0 Å². The van der Waals surface area contributed by atoms with Crippen molar-refractivity contribution in [2.75, 3.05) is 0 Å². The molecule has 0 spiro atoms. The lowest BCUT2D eigenvalue weighted by atomic mass is 9.92. The second kappa shape index (κ2) is 4.87. The summed E-state index contributed by atoms with van der Waals surface area (Å²) >= 11 is 0. The van der Waals surface area contributed by atoms with Gasteiger partial charge >= 0.3 is 12.1 Å². The van der Waals surface area contributed by atoms with Crippen LogP contribution in [0.25, 0.3) is 10.9 Å². The van der Waals surface area contributed by atoms with Crippen molar-refractivity contribution in [2.45, 2.75) is 18.5 Å². The molecule has 0 aliphatic rings. The largest absolute Gasteiger partial charge is 0.481 e. The van der Waals surface area contributed by atoms with E-state index in [0.717, 1.165) is 0 Å². The first-order valence-corrected chi connectivity index (χ1v) is 5.51. The van der Waals surface area contributed by atoms with Gasteiger partial charge in [-0.3, -0.25) is 9.78 Å². The molecule has 19 heavy (non-hydrogen) atoms. The zero-order chi connectivity index (χ0) is 14.0. The molecule has 1 N–H and O–H groups in total. The third-order valence-electron chi connectivity index (χ3n) is 2.83. The first-order chi connectivity index (χ1) is 8.89. The fraction of sp³-hybridized carbons (Fsp3) is 0.231. The topological polar surface area (TPSA) is 50.2 Å². The molecule has 0 aliphatic heterocycles. The fourth-order valence-electron chi connectivity index (χ4n) is 2.00. The number of alkyl halides is 3. The van der Waals surface area contributed by atoms with E-state index in [-0.39, 0.29) is 5.56 Å². The molecule has 1 atom stereocenters. The molecular formula is C13H10F3NO2. The van der Waals surface area contributed by atoms with Crippen LogP contribution in [-0.4, -0.2) is 22.2 Å². The summed E-state index contributed by atoms with van der Waals surface area (Å²) in [7, 11) is 0. The van der Waals surface area contributed by atoms with E-state index in [1.165, 1.54) is 18.3 Å². The number of pyridine rings is 1. The van der Waals surface area contributed by atoms with Gasteiger partial charge in [0.1, 0.15) is 0 Å². The van der Waals surface area contributed by atoms with E-state index in [1.54, 1.807) is 18.2 Å². The highest BCUT2D eigenvalue weighted by Crippen LogP contribution is 2.39. The molecule has 0 amide bonds. The summed E-state index contributed by atoms with van der Waals surface area (Å²) in [5.41, 5.74) is 0.361. The van der Waals surface area contributed by atoms with Crippen LogP contribution in [0.5, 0.6) is 0 Å². The summed E-state index contributed by atoms with van der Waals surface area (Å²) in [5, 5.41) is 8.99. The summed E-state index contributed by atoms with van der Waals surface area (Å²) < 4.78 is 39.0. The van der Waals surface area contributed by atoms with Crippen molar-refractivity contribution in [3.63, 3.8) is 0 Å². The normalized spacial score (nSPS) is 13.4. The van der Waals surface area contributed by atoms with Gasteiger partial charge in [0.15, 0.2) is 0 Å². The van der Waals surface area contributed by atoms with Crippen LogP contribution in [0.15, 0.2) is 36.5 Å². The minimum atomic E-state index is -4.61. The van der Waals surface area contributed by atoms with Gasteiger partial charge in [0.05, 0.1) is 17.9 Å². The number of aromatic nitrogens is 1. The van der Waals surface area contributed by atoms with Crippen LogP contribution in [0.4, 0.5) is 13.2 Å². The molecule has 2 aromatic rings. The van der Waals surface area contributed by atoms with Gasteiger partial charge in [0.25, 0.3) is 0 Å². The number of carbonyl (C=O) groups is 1. The lowest BCUT2D eigenvalue weighted by Crippen LogP contribution is -2.24. The zero-order valence-electron chi connectivity index (χ0n) is 9.69. The number of hydrogen-bond donors (Lipinski definition) is 1. The highest BCUT2D eigenvalue weighted by molar-refractivity contribution is 5.83. The highest BCUT2D eigenvalue weighted by Gasteiger charge is 2.42. The third-order valence-corrected chi connectivity index (χ3v) is 2.83. The van der Waals surface area contributed by atoms with E-state index in [2.05, 4.69) is 4.98 Å². The molecule has 0 radical (unpaired) electrons. The molecule has 6 heteroatoms. The summed E-state index contributed by atoms with van der Waals surface area (Å²) in [6.07, 6.45) is -4.34. The second-order valence-electron chi connectivity index (χ2n) is 4.11. The Morgan fingerprint density at radius 3 is 2.58 bits per heavy atom. The summed E-state index contributed by atoms with van der Waals surface area (Å²) in [4.78, 5) is 14.6. The Hall–Kier alpha value is -2.11. The minimum absolute atomic E-state index is 0.0551. The van der Waals surface area contributed by atoms with E-state index >= 15 is 0 Å². The first-order valence-electron chi connectivity index (χ1n) is 5.51. The molecule has 0 bridgehead atoms. The van der Waals surface area contributed by atoms with Crippen LogP contribution in [-0.2, 0) is 4.79 Å². The molecule has 1 heterocycles. The molecule has 100 valence electrons. The molecule has 1 aromatic heterocycles. The summed E-state index contributed by atoms with van der Waals surface area (Å²) in [6.45, 7) is 0. The van der Waals surface area contributed by atoms with Crippen molar-refractivity contribution >= 4 is 16.9 Å². The number of hydrogen-bond acceptors (Lipinski definition) is 2. The van der Waals surface area contributed by atoms with Gasteiger partial charge in [0.2, 0.25) is 0 Å². The van der Waals surface area contributed by atoms with Crippen molar-refractivity contribution in [3.05, 3.63) is 42.1 Å². The number of carboxylic acid groups (broad SMARTS) is 1. The number of carboxylic acids is 1. The number of aliphatic carboxylic acids is 1. The van der Waals surface area contributed by atoms with Gasteiger partial charge in [-0.1, -0.05) is 18.2 Å². The number of benzene rings is 1. The molecule has 0 saturated heterocycles. The van der Waals surface area contributed by atoms with Crippen molar-refractivity contribution in [1.82, 2.24) is 4.98 Å². The minimum Gasteiger partial charge on any atom is -0.481 e. The maximum Gasteiger partial charge on any atom is 0.396 e. The monoisotopic (exact) mass is 269 g/mol. The van der Waals surface area contributed by atoms with Gasteiger partial charge in [0, 0.05) is 11.6 Å². The Morgan fingerprint density at radius 2 is 1.95 bits per heavy atom. The van der Waals surface area contributed by atoms with Crippen LogP contribution < -0.4 is 0 Å². The van der Waals surface area contributed by atoms with E-state index in [4.69, 9.17) is 5.11 Å². The second-order valence-corrected chi connectivity index (χ2v) is 4.11. The lowest BCUT2D eigenvalue weighted by Gasteiger charge is -2.20. The van der Waals surface area contributed by atoms with Crippen LogP contribution in [0.1, 0.15) is 17.9 Å². The fourth-order valence-corrected chi connectivity index (χ4v) is 2.00. The Kier molecular flexibility index (Phi) is 3.42. The van der Waals surface area contributed by atoms with Gasteiger partial charge in [-0.2, -0.15) is 13.2 Å². The quantitative estimate of drug-likeness (QED) is 0.929. The summed E-state index contributed by atoms with van der Waals surface area (Å²) in [5.74, 6) is -3.51. The van der Waals surface area contributed by atoms with Crippen molar-refractivity contribution in [3.8, 4) is 0 Å². The molecule has 2 rings (SSSR count). The van der Waals surface area contributed by atoms with Crippen molar-refractivity contribution in [2.24, 2.45) is 0 Å². The molecule has 1 aromatic carbocycles. The Morgan fingerprint density at radius 1 is 1.26 bits per heavy atom. The predicted octanol–water partition coefficient (Wildman–Crippen LogP) is 3.36. The number of rotatable bonds is 3. The van der Waals surface area contributed by atoms with E-state index < -0.39 is 24.5 Å². The Labute approximate surface area is 106 Å². The average Bonchev–Trinajstić information content (AvgIpc) is 2.34. The van der Waals surface area contributed by atoms with Crippen LogP contribution in [0, 0.1) is 0 Å². The Balaban J connectivity index is 2.59. The van der Waals surface area contributed by atoms with Gasteiger partial charge < -0.3 is 5.11 Å².